The summed E-state index contributed by atoms with van der Waals surface area (Å²) in [5.74, 6) is -0.104. The smallest absolute Gasteiger partial charge is 0.269 e. The molecule has 0 radical (unpaired) electrons. The highest BCUT2D eigenvalue weighted by molar-refractivity contribution is 6.34. The molecule has 4 rings (SSSR count). The van der Waals surface area contributed by atoms with Crippen molar-refractivity contribution in [1.29, 1.82) is 0 Å². The fourth-order valence-corrected chi connectivity index (χ4v) is 2.91. The van der Waals surface area contributed by atoms with Gasteiger partial charge in [-0.15, -0.1) is 10.2 Å². The maximum atomic E-state index is 12.2. The number of hydrogen-bond acceptors (Lipinski definition) is 6. The van der Waals surface area contributed by atoms with Gasteiger partial charge in [0.25, 0.3) is 11.6 Å². The number of benzene rings is 3. The Morgan fingerprint density at radius 3 is 2.40 bits per heavy atom. The number of amides is 1. The molecule has 0 fully saturated rings. The summed E-state index contributed by atoms with van der Waals surface area (Å²) in [5.41, 5.74) is 2.27. The van der Waals surface area contributed by atoms with Crippen molar-refractivity contribution in [3.05, 3.63) is 81.9 Å². The van der Waals surface area contributed by atoms with Crippen LogP contribution in [0.3, 0.4) is 0 Å². The number of rotatable bonds is 6. The standard InChI is InChI=1S/C20H14ClN5O4/c21-16-10-18-19(24-25(23-18)13-4-2-1-3-5-13)11-17(16)22-20(27)12-30-15-8-6-14(7-9-15)26(28)29/h1-11H,12H2,(H,22,27). The fourth-order valence-electron chi connectivity index (χ4n) is 2.71. The number of nitro benzene ring substituents is 1. The lowest BCUT2D eigenvalue weighted by atomic mass is 10.2. The highest BCUT2D eigenvalue weighted by atomic mass is 35.5. The Bertz CT molecular complexity index is 1230. The van der Waals surface area contributed by atoms with Crippen molar-refractivity contribution in [2.75, 3.05) is 11.9 Å². The molecule has 4 aromatic rings. The first-order valence-electron chi connectivity index (χ1n) is 8.79. The van der Waals surface area contributed by atoms with E-state index in [0.29, 0.717) is 27.5 Å². The molecule has 0 saturated carbocycles. The monoisotopic (exact) mass is 423 g/mol. The van der Waals surface area contributed by atoms with Crippen molar-refractivity contribution >= 4 is 39.9 Å². The molecule has 0 unspecified atom stereocenters. The predicted octanol–water partition coefficient (Wildman–Crippen LogP) is 4.00. The number of carbonyl (C=O) groups excluding carboxylic acids is 1. The van der Waals surface area contributed by atoms with E-state index in [2.05, 4.69) is 15.5 Å². The van der Waals surface area contributed by atoms with Gasteiger partial charge >= 0.3 is 0 Å². The summed E-state index contributed by atoms with van der Waals surface area (Å²) in [6.07, 6.45) is 0. The molecule has 9 nitrogen and oxygen atoms in total. The quantitative estimate of drug-likeness (QED) is 0.370. The Balaban J connectivity index is 1.45. The fraction of sp³-hybridized carbons (Fsp3) is 0.0500. The molecule has 1 N–H and O–H groups in total. The maximum absolute atomic E-state index is 12.2. The zero-order valence-electron chi connectivity index (χ0n) is 15.4. The molecule has 0 aliphatic heterocycles. The van der Waals surface area contributed by atoms with Gasteiger partial charge in [-0.1, -0.05) is 29.8 Å². The zero-order valence-corrected chi connectivity index (χ0v) is 16.1. The molecule has 1 amide bonds. The van der Waals surface area contributed by atoms with E-state index in [9.17, 15) is 14.9 Å². The average molecular weight is 424 g/mol. The van der Waals surface area contributed by atoms with E-state index in [1.165, 1.54) is 29.1 Å². The first-order valence-corrected chi connectivity index (χ1v) is 9.16. The number of ether oxygens (including phenoxy) is 1. The first kappa shape index (κ1) is 19.3. The van der Waals surface area contributed by atoms with Crippen LogP contribution in [-0.4, -0.2) is 32.4 Å². The molecule has 1 aromatic heterocycles. The molecule has 0 aliphatic carbocycles. The maximum Gasteiger partial charge on any atom is 0.269 e. The predicted molar refractivity (Wildman–Crippen MR) is 111 cm³/mol. The molecule has 0 saturated heterocycles. The van der Waals surface area contributed by atoms with Crippen LogP contribution in [0.1, 0.15) is 0 Å². The van der Waals surface area contributed by atoms with Gasteiger partial charge in [-0.2, -0.15) is 4.80 Å². The Morgan fingerprint density at radius 1 is 1.07 bits per heavy atom. The van der Waals surface area contributed by atoms with Crippen LogP contribution in [0.4, 0.5) is 11.4 Å². The van der Waals surface area contributed by atoms with Crippen LogP contribution in [0.5, 0.6) is 5.75 Å². The molecule has 0 bridgehead atoms. The number of nitrogens with zero attached hydrogens (tertiary/aromatic N) is 4. The topological polar surface area (TPSA) is 112 Å². The lowest BCUT2D eigenvalue weighted by Crippen LogP contribution is -2.20. The number of non-ortho nitro benzene ring substituents is 1. The molecule has 1 heterocycles. The Labute approximate surface area is 175 Å². The van der Waals surface area contributed by atoms with E-state index in [-0.39, 0.29) is 12.3 Å². The van der Waals surface area contributed by atoms with Gasteiger partial charge in [0.1, 0.15) is 16.8 Å². The molecule has 150 valence electrons. The molecule has 0 atom stereocenters. The van der Waals surface area contributed by atoms with Gasteiger partial charge in [0.2, 0.25) is 0 Å². The van der Waals surface area contributed by atoms with Crippen LogP contribution in [0, 0.1) is 10.1 Å². The number of fused-ring (bicyclic) bond motifs is 1. The lowest BCUT2D eigenvalue weighted by molar-refractivity contribution is -0.384. The number of nitro groups is 1. The number of nitrogens with one attached hydrogen (secondary N) is 1. The minimum absolute atomic E-state index is 0.0598. The molecule has 0 spiro atoms. The van der Waals surface area contributed by atoms with Gasteiger partial charge in [-0.25, -0.2) is 0 Å². The summed E-state index contributed by atoms with van der Waals surface area (Å²) in [6.45, 7) is -0.289. The second-order valence-electron chi connectivity index (χ2n) is 6.23. The number of aromatic nitrogens is 3. The average Bonchev–Trinajstić information content (AvgIpc) is 3.16. The minimum Gasteiger partial charge on any atom is -0.484 e. The van der Waals surface area contributed by atoms with Crippen LogP contribution in [-0.2, 0) is 4.79 Å². The van der Waals surface area contributed by atoms with Gasteiger partial charge < -0.3 is 10.1 Å². The van der Waals surface area contributed by atoms with Crippen LogP contribution in [0.2, 0.25) is 5.02 Å². The third-order valence-electron chi connectivity index (χ3n) is 4.15. The molecule has 30 heavy (non-hydrogen) atoms. The summed E-state index contributed by atoms with van der Waals surface area (Å²) >= 11 is 6.27. The van der Waals surface area contributed by atoms with Crippen LogP contribution in [0.25, 0.3) is 16.7 Å². The molecule has 0 aliphatic rings. The molecule has 3 aromatic carbocycles. The van der Waals surface area contributed by atoms with Crippen molar-refractivity contribution in [3.63, 3.8) is 0 Å². The van der Waals surface area contributed by atoms with E-state index in [1.807, 2.05) is 30.3 Å². The lowest BCUT2D eigenvalue weighted by Gasteiger charge is -2.08. The summed E-state index contributed by atoms with van der Waals surface area (Å²) in [7, 11) is 0. The Kier molecular flexibility index (Phi) is 5.27. The third-order valence-corrected chi connectivity index (χ3v) is 4.46. The second-order valence-corrected chi connectivity index (χ2v) is 6.64. The van der Waals surface area contributed by atoms with E-state index in [4.69, 9.17) is 16.3 Å². The SMILES string of the molecule is O=C(COc1ccc([N+](=O)[O-])cc1)Nc1cc2nn(-c3ccccc3)nc2cc1Cl. The Morgan fingerprint density at radius 2 is 1.73 bits per heavy atom. The molecular formula is C20H14ClN5O4. The zero-order chi connectivity index (χ0) is 21.1. The first-order chi connectivity index (χ1) is 14.5. The summed E-state index contributed by atoms with van der Waals surface area (Å²) in [5, 5.41) is 22.5. The van der Waals surface area contributed by atoms with Crippen molar-refractivity contribution in [3.8, 4) is 11.4 Å². The van der Waals surface area contributed by atoms with Gasteiger partial charge in [-0.05, 0) is 36.4 Å². The summed E-state index contributed by atoms with van der Waals surface area (Å²) in [6, 6.07) is 18.1. The number of hydrogen-bond donors (Lipinski definition) is 1. The van der Waals surface area contributed by atoms with E-state index in [1.54, 1.807) is 12.1 Å². The van der Waals surface area contributed by atoms with E-state index in [0.717, 1.165) is 5.69 Å². The minimum atomic E-state index is -0.511. The van der Waals surface area contributed by atoms with Crippen LogP contribution < -0.4 is 10.1 Å². The highest BCUT2D eigenvalue weighted by Crippen LogP contribution is 2.27. The van der Waals surface area contributed by atoms with Crippen LogP contribution in [0.15, 0.2) is 66.7 Å². The summed E-state index contributed by atoms with van der Waals surface area (Å²) in [4.78, 5) is 23.9. The van der Waals surface area contributed by atoms with E-state index >= 15 is 0 Å². The van der Waals surface area contributed by atoms with E-state index < -0.39 is 10.8 Å². The third kappa shape index (κ3) is 4.20. The Hall–Kier alpha value is -3.98. The van der Waals surface area contributed by atoms with Crippen molar-refractivity contribution in [2.24, 2.45) is 0 Å². The molecule has 10 heteroatoms. The highest BCUT2D eigenvalue weighted by Gasteiger charge is 2.12. The second kappa shape index (κ2) is 8.18. The number of halogens is 1. The van der Waals surface area contributed by atoms with Gasteiger partial charge in [0, 0.05) is 12.1 Å². The number of carbonyl (C=O) groups is 1. The van der Waals surface area contributed by atoms with Gasteiger partial charge in [-0.3, -0.25) is 14.9 Å². The molecular weight excluding hydrogens is 410 g/mol. The largest absolute Gasteiger partial charge is 0.484 e. The van der Waals surface area contributed by atoms with Crippen molar-refractivity contribution < 1.29 is 14.5 Å². The van der Waals surface area contributed by atoms with Crippen molar-refractivity contribution in [1.82, 2.24) is 15.0 Å². The number of anilines is 1. The number of para-hydroxylation sites is 1. The normalized spacial score (nSPS) is 10.7. The van der Waals surface area contributed by atoms with Gasteiger partial charge in [0.15, 0.2) is 6.61 Å². The van der Waals surface area contributed by atoms with Crippen molar-refractivity contribution in [2.45, 2.75) is 0 Å². The van der Waals surface area contributed by atoms with Gasteiger partial charge in [0.05, 0.1) is 21.3 Å². The summed E-state index contributed by atoms with van der Waals surface area (Å²) < 4.78 is 5.35. The van der Waals surface area contributed by atoms with Crippen LogP contribution >= 0.6 is 11.6 Å².